The highest BCUT2D eigenvalue weighted by Gasteiger charge is 2.28. The number of nitrogens with two attached hydrogens (primary N) is 1. The molecule has 4 N–H and O–H groups in total. The Kier molecular flexibility index (Phi) is 7.90. The first-order valence-electron chi connectivity index (χ1n) is 9.14. The number of primary amides is 1. The Morgan fingerprint density at radius 1 is 1.36 bits per heavy atom. The second kappa shape index (κ2) is 10.4. The molecule has 8 heteroatoms. The molecular formula is C20H24ClN5O2. The smallest absolute Gasteiger partial charge is 0.266 e. The van der Waals surface area contributed by atoms with Crippen LogP contribution in [0.15, 0.2) is 47.3 Å². The summed E-state index contributed by atoms with van der Waals surface area (Å²) in [4.78, 5) is 26.2. The molecule has 0 unspecified atom stereocenters. The van der Waals surface area contributed by atoms with E-state index in [0.29, 0.717) is 24.5 Å². The SMILES string of the molecule is CCCCNC1=CC(C(=O)NC#N)=C(C(N)=O)N(CCc2ccccc2Cl)C1. The number of benzene rings is 1. The molecule has 148 valence electrons. The van der Waals surface area contributed by atoms with Crippen LogP contribution in [-0.4, -0.2) is 36.3 Å². The molecule has 0 aliphatic carbocycles. The van der Waals surface area contributed by atoms with Crippen LogP contribution in [-0.2, 0) is 16.0 Å². The van der Waals surface area contributed by atoms with Crippen LogP contribution in [0.1, 0.15) is 25.3 Å². The maximum absolute atomic E-state index is 12.3. The van der Waals surface area contributed by atoms with Gasteiger partial charge in [0.1, 0.15) is 5.70 Å². The van der Waals surface area contributed by atoms with Crippen molar-refractivity contribution < 1.29 is 9.59 Å². The van der Waals surface area contributed by atoms with E-state index in [1.807, 2.05) is 18.2 Å². The van der Waals surface area contributed by atoms with E-state index in [9.17, 15) is 9.59 Å². The van der Waals surface area contributed by atoms with Crippen LogP contribution in [0.25, 0.3) is 0 Å². The zero-order chi connectivity index (χ0) is 20.5. The number of nitriles is 1. The van der Waals surface area contributed by atoms with Gasteiger partial charge in [-0.2, -0.15) is 5.26 Å². The lowest BCUT2D eigenvalue weighted by atomic mass is 10.0. The first kappa shape index (κ1) is 21.3. The maximum Gasteiger partial charge on any atom is 0.266 e. The molecule has 0 atom stereocenters. The highest BCUT2D eigenvalue weighted by Crippen LogP contribution is 2.23. The number of carbonyl (C=O) groups excluding carboxylic acids is 2. The van der Waals surface area contributed by atoms with E-state index < -0.39 is 11.8 Å². The van der Waals surface area contributed by atoms with Gasteiger partial charge in [0.2, 0.25) is 0 Å². The monoisotopic (exact) mass is 401 g/mol. The van der Waals surface area contributed by atoms with Crippen LogP contribution in [0, 0.1) is 11.5 Å². The van der Waals surface area contributed by atoms with Gasteiger partial charge in [-0.15, -0.1) is 0 Å². The van der Waals surface area contributed by atoms with Gasteiger partial charge in [-0.1, -0.05) is 43.1 Å². The minimum Gasteiger partial charge on any atom is -0.387 e. The number of rotatable bonds is 9. The molecule has 28 heavy (non-hydrogen) atoms. The third-order valence-electron chi connectivity index (χ3n) is 4.39. The van der Waals surface area contributed by atoms with Crippen molar-refractivity contribution in [2.45, 2.75) is 26.2 Å². The summed E-state index contributed by atoms with van der Waals surface area (Å²) in [7, 11) is 0. The van der Waals surface area contributed by atoms with Crippen LogP contribution in [0.3, 0.4) is 0 Å². The van der Waals surface area contributed by atoms with E-state index in [1.54, 1.807) is 23.2 Å². The zero-order valence-corrected chi connectivity index (χ0v) is 16.6. The van der Waals surface area contributed by atoms with E-state index in [4.69, 9.17) is 22.6 Å². The van der Waals surface area contributed by atoms with Crippen molar-refractivity contribution >= 4 is 23.4 Å². The van der Waals surface area contributed by atoms with Crippen molar-refractivity contribution in [3.63, 3.8) is 0 Å². The van der Waals surface area contributed by atoms with Gasteiger partial charge >= 0.3 is 0 Å². The van der Waals surface area contributed by atoms with E-state index in [0.717, 1.165) is 30.6 Å². The van der Waals surface area contributed by atoms with Crippen molar-refractivity contribution in [3.05, 3.63) is 57.9 Å². The van der Waals surface area contributed by atoms with Crippen molar-refractivity contribution in [3.8, 4) is 6.19 Å². The number of nitrogens with zero attached hydrogens (tertiary/aromatic N) is 2. The molecule has 1 aliphatic rings. The van der Waals surface area contributed by atoms with Crippen LogP contribution >= 0.6 is 11.6 Å². The third kappa shape index (κ3) is 5.51. The number of nitrogens with one attached hydrogen (secondary N) is 2. The van der Waals surface area contributed by atoms with Crippen molar-refractivity contribution in [2.24, 2.45) is 5.73 Å². The van der Waals surface area contributed by atoms with Gasteiger partial charge in [0.05, 0.1) is 12.1 Å². The Morgan fingerprint density at radius 3 is 2.75 bits per heavy atom. The number of hydrogen-bond donors (Lipinski definition) is 3. The molecule has 0 saturated carbocycles. The quantitative estimate of drug-likeness (QED) is 0.332. The van der Waals surface area contributed by atoms with Gasteiger partial charge in [0, 0.05) is 23.8 Å². The Balaban J connectivity index is 2.31. The maximum atomic E-state index is 12.3. The van der Waals surface area contributed by atoms with E-state index in [2.05, 4.69) is 17.6 Å². The van der Waals surface area contributed by atoms with Crippen molar-refractivity contribution in [1.82, 2.24) is 15.5 Å². The summed E-state index contributed by atoms with van der Waals surface area (Å²) < 4.78 is 0. The topological polar surface area (TPSA) is 111 Å². The van der Waals surface area contributed by atoms with Crippen molar-refractivity contribution in [2.75, 3.05) is 19.6 Å². The summed E-state index contributed by atoms with van der Waals surface area (Å²) in [5, 5.41) is 14.8. The van der Waals surface area contributed by atoms with Gasteiger partial charge in [0.25, 0.3) is 11.8 Å². The Bertz CT molecular complexity index is 841. The predicted molar refractivity (Wildman–Crippen MR) is 108 cm³/mol. The molecule has 1 heterocycles. The van der Waals surface area contributed by atoms with Gasteiger partial charge in [0.15, 0.2) is 6.19 Å². The number of carbonyl (C=O) groups is 2. The van der Waals surface area contributed by atoms with E-state index in [-0.39, 0.29) is 11.3 Å². The highest BCUT2D eigenvalue weighted by atomic mass is 35.5. The molecular weight excluding hydrogens is 378 g/mol. The first-order chi connectivity index (χ1) is 13.5. The average Bonchev–Trinajstić information content (AvgIpc) is 2.67. The lowest BCUT2D eigenvalue weighted by Gasteiger charge is -2.32. The molecule has 1 aromatic rings. The lowest BCUT2D eigenvalue weighted by molar-refractivity contribution is -0.119. The Hall–Kier alpha value is -2.98. The molecule has 0 radical (unpaired) electrons. The number of amides is 2. The minimum absolute atomic E-state index is 0.0819. The Labute approximate surface area is 169 Å². The number of hydrogen-bond acceptors (Lipinski definition) is 5. The average molecular weight is 402 g/mol. The molecule has 0 fully saturated rings. The normalized spacial score (nSPS) is 13.6. The fourth-order valence-electron chi connectivity index (χ4n) is 3.00. The largest absolute Gasteiger partial charge is 0.387 e. The highest BCUT2D eigenvalue weighted by molar-refractivity contribution is 6.31. The standard InChI is InChI=1S/C20H24ClN5O2/c1-2-3-9-24-15-11-16(20(28)25-13-22)18(19(23)27)26(12-15)10-8-14-6-4-5-7-17(14)21/h4-7,11,24H,2-3,8-10,12H2,1H3,(H2,23,27)(H,25,28). The van der Waals surface area contributed by atoms with E-state index >= 15 is 0 Å². The first-order valence-corrected chi connectivity index (χ1v) is 9.52. The van der Waals surface area contributed by atoms with Gasteiger partial charge in [-0.25, -0.2) is 0 Å². The summed E-state index contributed by atoms with van der Waals surface area (Å²) in [5.41, 5.74) is 7.48. The molecule has 2 rings (SSSR count). The lowest BCUT2D eigenvalue weighted by Crippen LogP contribution is -2.42. The van der Waals surface area contributed by atoms with E-state index in [1.165, 1.54) is 0 Å². The summed E-state index contributed by atoms with van der Waals surface area (Å²) in [6.07, 6.45) is 5.77. The molecule has 7 nitrogen and oxygen atoms in total. The summed E-state index contributed by atoms with van der Waals surface area (Å²) in [6, 6.07) is 7.47. The molecule has 1 aliphatic heterocycles. The van der Waals surface area contributed by atoms with Gasteiger partial charge in [-0.05, 0) is 30.5 Å². The fourth-order valence-corrected chi connectivity index (χ4v) is 3.23. The predicted octanol–water partition coefficient (Wildman–Crippen LogP) is 1.81. The summed E-state index contributed by atoms with van der Waals surface area (Å²) in [6.45, 7) is 3.69. The second-order valence-electron chi connectivity index (χ2n) is 6.41. The summed E-state index contributed by atoms with van der Waals surface area (Å²) in [5.74, 6) is -1.38. The second-order valence-corrected chi connectivity index (χ2v) is 6.81. The van der Waals surface area contributed by atoms with Gasteiger partial charge in [-0.3, -0.25) is 14.9 Å². The number of unbranched alkanes of at least 4 members (excludes halogenated alkanes) is 1. The fraction of sp³-hybridized carbons (Fsp3) is 0.350. The van der Waals surface area contributed by atoms with Crippen LogP contribution < -0.4 is 16.4 Å². The minimum atomic E-state index is -0.717. The van der Waals surface area contributed by atoms with Crippen LogP contribution in [0.5, 0.6) is 0 Å². The molecule has 1 aromatic carbocycles. The molecule has 0 aromatic heterocycles. The molecule has 0 spiro atoms. The zero-order valence-electron chi connectivity index (χ0n) is 15.8. The Morgan fingerprint density at radius 2 is 2.11 bits per heavy atom. The molecule has 0 bridgehead atoms. The van der Waals surface area contributed by atoms with Crippen LogP contribution in [0.2, 0.25) is 5.02 Å². The van der Waals surface area contributed by atoms with Gasteiger partial charge < -0.3 is 16.0 Å². The van der Waals surface area contributed by atoms with Crippen molar-refractivity contribution in [1.29, 1.82) is 5.26 Å². The third-order valence-corrected chi connectivity index (χ3v) is 4.76. The number of halogens is 1. The van der Waals surface area contributed by atoms with Crippen LogP contribution in [0.4, 0.5) is 0 Å². The molecule has 2 amide bonds. The molecule has 0 saturated heterocycles. The summed E-state index contributed by atoms with van der Waals surface area (Å²) >= 11 is 6.23.